The van der Waals surface area contributed by atoms with Crippen molar-refractivity contribution in [2.75, 3.05) is 0 Å². The number of aliphatic carboxylic acids is 1. The Morgan fingerprint density at radius 2 is 2.25 bits per heavy atom. The molecule has 1 aromatic rings. The summed E-state index contributed by atoms with van der Waals surface area (Å²) < 4.78 is 0. The Kier molecular flexibility index (Phi) is 3.28. The molecule has 1 N–H and O–H groups in total. The summed E-state index contributed by atoms with van der Waals surface area (Å²) in [6.07, 6.45) is 4.13. The van der Waals surface area contributed by atoms with Gasteiger partial charge >= 0.3 is 5.97 Å². The second-order valence-corrected chi connectivity index (χ2v) is 4.75. The first-order valence-electron chi connectivity index (χ1n) is 5.99. The number of carboxylic acids is 1. The normalized spacial score (nSPS) is 20.4. The lowest BCUT2D eigenvalue weighted by Gasteiger charge is -2.13. The highest BCUT2D eigenvalue weighted by Crippen LogP contribution is 2.36. The van der Waals surface area contributed by atoms with E-state index in [4.69, 9.17) is 5.11 Å². The molecular formula is C14H18O2. The molecule has 0 bridgehead atoms. The summed E-state index contributed by atoms with van der Waals surface area (Å²) >= 11 is 0. The first-order valence-corrected chi connectivity index (χ1v) is 5.99. The van der Waals surface area contributed by atoms with E-state index in [1.54, 1.807) is 6.92 Å². The lowest BCUT2D eigenvalue weighted by molar-refractivity contribution is -0.141. The van der Waals surface area contributed by atoms with E-state index >= 15 is 0 Å². The Bertz CT molecular complexity index is 384. The molecule has 1 aliphatic rings. The highest BCUT2D eigenvalue weighted by molar-refractivity contribution is 5.69. The van der Waals surface area contributed by atoms with E-state index in [1.165, 1.54) is 17.5 Å². The van der Waals surface area contributed by atoms with Crippen molar-refractivity contribution in [3.8, 4) is 0 Å². The lowest BCUT2D eigenvalue weighted by atomic mass is 9.92. The summed E-state index contributed by atoms with van der Waals surface area (Å²) in [4.78, 5) is 10.7. The number of carboxylic acid groups (broad SMARTS) is 1. The van der Waals surface area contributed by atoms with E-state index < -0.39 is 5.97 Å². The van der Waals surface area contributed by atoms with E-state index in [0.29, 0.717) is 5.92 Å². The number of hydrogen-bond donors (Lipinski definition) is 1. The predicted molar refractivity (Wildman–Crippen MR) is 63.5 cm³/mol. The molecule has 86 valence electrons. The van der Waals surface area contributed by atoms with Crippen molar-refractivity contribution in [3.05, 3.63) is 35.4 Å². The van der Waals surface area contributed by atoms with Crippen molar-refractivity contribution in [3.63, 3.8) is 0 Å². The summed E-state index contributed by atoms with van der Waals surface area (Å²) in [5.41, 5.74) is 2.90. The molecule has 2 atom stereocenters. The Balaban J connectivity index is 1.96. The van der Waals surface area contributed by atoms with E-state index in [2.05, 4.69) is 24.3 Å². The van der Waals surface area contributed by atoms with Gasteiger partial charge in [-0.15, -0.1) is 0 Å². The molecule has 2 unspecified atom stereocenters. The Morgan fingerprint density at radius 1 is 1.50 bits per heavy atom. The van der Waals surface area contributed by atoms with Crippen molar-refractivity contribution in [1.82, 2.24) is 0 Å². The third kappa shape index (κ3) is 2.26. The molecule has 0 aliphatic heterocycles. The average molecular weight is 218 g/mol. The minimum atomic E-state index is -0.675. The largest absolute Gasteiger partial charge is 0.481 e. The van der Waals surface area contributed by atoms with Gasteiger partial charge in [0.1, 0.15) is 0 Å². The van der Waals surface area contributed by atoms with Crippen LogP contribution in [0.15, 0.2) is 24.3 Å². The van der Waals surface area contributed by atoms with Crippen LogP contribution in [-0.2, 0) is 11.2 Å². The zero-order valence-electron chi connectivity index (χ0n) is 9.65. The Labute approximate surface area is 96.3 Å². The van der Waals surface area contributed by atoms with Crippen LogP contribution in [0.1, 0.15) is 43.2 Å². The summed E-state index contributed by atoms with van der Waals surface area (Å²) in [5, 5.41) is 8.85. The summed E-state index contributed by atoms with van der Waals surface area (Å²) in [6.45, 7) is 1.79. The molecule has 1 aliphatic carbocycles. The SMILES string of the molecule is CC(CCC1CCc2ccccc21)C(=O)O. The van der Waals surface area contributed by atoms with Crippen LogP contribution in [-0.4, -0.2) is 11.1 Å². The average Bonchev–Trinajstić information content (AvgIpc) is 2.69. The molecule has 0 spiro atoms. The third-order valence-corrected chi connectivity index (χ3v) is 3.63. The van der Waals surface area contributed by atoms with Crippen LogP contribution in [0, 0.1) is 5.92 Å². The molecule has 0 amide bonds. The maximum atomic E-state index is 10.7. The Morgan fingerprint density at radius 3 is 3.00 bits per heavy atom. The van der Waals surface area contributed by atoms with Crippen LogP contribution in [0.4, 0.5) is 0 Å². The molecule has 2 nitrogen and oxygen atoms in total. The van der Waals surface area contributed by atoms with E-state index in [-0.39, 0.29) is 5.92 Å². The van der Waals surface area contributed by atoms with Crippen molar-refractivity contribution in [2.24, 2.45) is 5.92 Å². The van der Waals surface area contributed by atoms with Crippen LogP contribution in [0.2, 0.25) is 0 Å². The fraction of sp³-hybridized carbons (Fsp3) is 0.500. The number of hydrogen-bond acceptors (Lipinski definition) is 1. The quantitative estimate of drug-likeness (QED) is 0.842. The van der Waals surface area contributed by atoms with Crippen LogP contribution in [0.5, 0.6) is 0 Å². The smallest absolute Gasteiger partial charge is 0.306 e. The highest BCUT2D eigenvalue weighted by Gasteiger charge is 2.23. The predicted octanol–water partition coefficient (Wildman–Crippen LogP) is 3.22. The van der Waals surface area contributed by atoms with Crippen LogP contribution in [0.25, 0.3) is 0 Å². The lowest BCUT2D eigenvalue weighted by Crippen LogP contribution is -2.10. The molecule has 0 radical (unpaired) electrons. The monoisotopic (exact) mass is 218 g/mol. The number of aryl methyl sites for hydroxylation is 1. The standard InChI is InChI=1S/C14H18O2/c1-10(14(15)16)6-7-12-9-8-11-4-2-3-5-13(11)12/h2-5,10,12H,6-9H2,1H3,(H,15,16). The molecule has 16 heavy (non-hydrogen) atoms. The second kappa shape index (κ2) is 4.69. The van der Waals surface area contributed by atoms with Crippen molar-refractivity contribution in [2.45, 2.75) is 38.5 Å². The maximum Gasteiger partial charge on any atom is 0.306 e. The second-order valence-electron chi connectivity index (χ2n) is 4.75. The van der Waals surface area contributed by atoms with Crippen molar-refractivity contribution in [1.29, 1.82) is 0 Å². The van der Waals surface area contributed by atoms with Gasteiger partial charge in [0, 0.05) is 0 Å². The molecule has 0 saturated carbocycles. The number of carbonyl (C=O) groups is 1. The summed E-state index contributed by atoms with van der Waals surface area (Å²) in [7, 11) is 0. The molecular weight excluding hydrogens is 200 g/mol. The van der Waals surface area contributed by atoms with E-state index in [1.807, 2.05) is 0 Å². The van der Waals surface area contributed by atoms with Gasteiger partial charge in [-0.25, -0.2) is 0 Å². The summed E-state index contributed by atoms with van der Waals surface area (Å²) in [5.74, 6) is -0.308. The topological polar surface area (TPSA) is 37.3 Å². The van der Waals surface area contributed by atoms with Gasteiger partial charge in [-0.2, -0.15) is 0 Å². The number of benzene rings is 1. The van der Waals surface area contributed by atoms with Crippen LogP contribution < -0.4 is 0 Å². The maximum absolute atomic E-state index is 10.7. The zero-order chi connectivity index (χ0) is 11.5. The molecule has 0 fully saturated rings. The minimum absolute atomic E-state index is 0.215. The molecule has 1 aromatic carbocycles. The van der Waals surface area contributed by atoms with Gasteiger partial charge in [0.05, 0.1) is 5.92 Å². The van der Waals surface area contributed by atoms with Crippen molar-refractivity contribution < 1.29 is 9.90 Å². The van der Waals surface area contributed by atoms with Gasteiger partial charge in [0.2, 0.25) is 0 Å². The van der Waals surface area contributed by atoms with Gasteiger partial charge in [-0.05, 0) is 42.7 Å². The van der Waals surface area contributed by atoms with Crippen molar-refractivity contribution >= 4 is 5.97 Å². The molecule has 2 heteroatoms. The molecule has 0 heterocycles. The molecule has 2 rings (SSSR count). The number of fused-ring (bicyclic) bond motifs is 1. The van der Waals surface area contributed by atoms with E-state index in [9.17, 15) is 4.79 Å². The van der Waals surface area contributed by atoms with Gasteiger partial charge in [0.25, 0.3) is 0 Å². The fourth-order valence-corrected chi connectivity index (χ4v) is 2.52. The zero-order valence-corrected chi connectivity index (χ0v) is 9.65. The van der Waals surface area contributed by atoms with Crippen LogP contribution >= 0.6 is 0 Å². The fourth-order valence-electron chi connectivity index (χ4n) is 2.52. The molecule has 0 saturated heterocycles. The molecule has 0 aromatic heterocycles. The van der Waals surface area contributed by atoms with Crippen LogP contribution in [0.3, 0.4) is 0 Å². The Hall–Kier alpha value is -1.31. The van der Waals surface area contributed by atoms with Gasteiger partial charge in [0.15, 0.2) is 0 Å². The minimum Gasteiger partial charge on any atom is -0.481 e. The number of rotatable bonds is 4. The van der Waals surface area contributed by atoms with Gasteiger partial charge < -0.3 is 5.11 Å². The first kappa shape index (κ1) is 11.2. The first-order chi connectivity index (χ1) is 7.68. The van der Waals surface area contributed by atoms with Gasteiger partial charge in [-0.1, -0.05) is 31.2 Å². The van der Waals surface area contributed by atoms with E-state index in [0.717, 1.165) is 19.3 Å². The third-order valence-electron chi connectivity index (χ3n) is 3.63. The summed E-state index contributed by atoms with van der Waals surface area (Å²) in [6, 6.07) is 8.55. The van der Waals surface area contributed by atoms with Gasteiger partial charge in [-0.3, -0.25) is 4.79 Å². The highest BCUT2D eigenvalue weighted by atomic mass is 16.4.